The molecule has 0 aliphatic rings. The van der Waals surface area contributed by atoms with E-state index in [0.717, 1.165) is 25.7 Å². The smallest absolute Gasteiger partial charge is 0.518 e. The van der Waals surface area contributed by atoms with Gasteiger partial charge in [-0.25, -0.2) is 0 Å². The number of unbranched alkanes of at least 4 members (excludes halogenated alkanes) is 12. The van der Waals surface area contributed by atoms with Gasteiger partial charge in [0.2, 0.25) is 0 Å². The second kappa shape index (κ2) is 22.6. The monoisotopic (exact) mass is 415 g/mol. The van der Waals surface area contributed by atoms with Gasteiger partial charge in [0.05, 0.1) is 0 Å². The lowest BCUT2D eigenvalue weighted by molar-refractivity contribution is -0.0375. The first-order valence-corrected chi connectivity index (χ1v) is 12.9. The van der Waals surface area contributed by atoms with Crippen molar-refractivity contribution in [1.29, 1.82) is 0 Å². The van der Waals surface area contributed by atoms with Crippen LogP contribution in [0.25, 0.3) is 0 Å². The molecular weight excluding hydrogens is 363 g/mol. The molecular formula is C24H52BO4-. The van der Waals surface area contributed by atoms with E-state index in [2.05, 4.69) is 27.7 Å². The normalized spacial score (nSPS) is 12.0. The van der Waals surface area contributed by atoms with Crippen molar-refractivity contribution in [3.8, 4) is 0 Å². The molecule has 0 saturated carbocycles. The average molecular weight is 415 g/mol. The largest absolute Gasteiger partial charge is 0.531 e. The van der Waals surface area contributed by atoms with E-state index in [0.29, 0.717) is 26.4 Å². The Morgan fingerprint density at radius 3 is 0.793 bits per heavy atom. The SMILES string of the molecule is CCCCCCO[B-](OCCCCCC)(OCCCCCC)OCCCCCC. The maximum atomic E-state index is 6.19. The van der Waals surface area contributed by atoms with E-state index in [9.17, 15) is 0 Å². The van der Waals surface area contributed by atoms with Crippen molar-refractivity contribution in [2.75, 3.05) is 26.4 Å². The summed E-state index contributed by atoms with van der Waals surface area (Å²) < 4.78 is 24.8. The second-order valence-corrected chi connectivity index (χ2v) is 8.30. The zero-order valence-corrected chi connectivity index (χ0v) is 20.4. The fourth-order valence-corrected chi connectivity index (χ4v) is 3.31. The van der Waals surface area contributed by atoms with Crippen LogP contribution in [0.5, 0.6) is 0 Å². The van der Waals surface area contributed by atoms with E-state index in [1.165, 1.54) is 77.0 Å². The topological polar surface area (TPSA) is 36.9 Å². The van der Waals surface area contributed by atoms with Crippen molar-refractivity contribution in [3.05, 3.63) is 0 Å². The summed E-state index contributed by atoms with van der Waals surface area (Å²) in [5, 5.41) is 0. The lowest BCUT2D eigenvalue weighted by atomic mass is 10.0. The minimum atomic E-state index is -2.09. The lowest BCUT2D eigenvalue weighted by Gasteiger charge is -2.41. The van der Waals surface area contributed by atoms with Crippen molar-refractivity contribution in [1.82, 2.24) is 0 Å². The van der Waals surface area contributed by atoms with Crippen molar-refractivity contribution < 1.29 is 18.6 Å². The number of hydrogen-bond acceptors (Lipinski definition) is 4. The highest BCUT2D eigenvalue weighted by Crippen LogP contribution is 2.17. The van der Waals surface area contributed by atoms with Crippen molar-refractivity contribution >= 4 is 6.96 Å². The molecule has 0 aromatic heterocycles. The van der Waals surface area contributed by atoms with E-state index in [1.807, 2.05) is 0 Å². The molecule has 0 saturated heterocycles. The van der Waals surface area contributed by atoms with Crippen LogP contribution in [0.1, 0.15) is 130 Å². The average Bonchev–Trinajstić information content (AvgIpc) is 2.73. The summed E-state index contributed by atoms with van der Waals surface area (Å²) >= 11 is 0. The van der Waals surface area contributed by atoms with Crippen LogP contribution in [0.3, 0.4) is 0 Å². The molecule has 0 N–H and O–H groups in total. The van der Waals surface area contributed by atoms with Gasteiger partial charge in [0.25, 0.3) is 0 Å². The molecule has 0 aliphatic heterocycles. The van der Waals surface area contributed by atoms with Crippen LogP contribution >= 0.6 is 0 Å². The van der Waals surface area contributed by atoms with Gasteiger partial charge in [-0.15, -0.1) is 0 Å². The Balaban J connectivity index is 4.69. The van der Waals surface area contributed by atoms with Gasteiger partial charge in [-0.1, -0.05) is 105 Å². The maximum Gasteiger partial charge on any atom is 0.531 e. The zero-order valence-electron chi connectivity index (χ0n) is 20.4. The predicted molar refractivity (Wildman–Crippen MR) is 126 cm³/mol. The highest BCUT2D eigenvalue weighted by Gasteiger charge is 2.32. The molecule has 0 atom stereocenters. The first-order chi connectivity index (χ1) is 14.2. The third-order valence-electron chi connectivity index (χ3n) is 5.28. The summed E-state index contributed by atoms with van der Waals surface area (Å²) in [6.07, 6.45) is 18.8. The standard InChI is InChI=1S/C24H52BO4/c1-5-9-13-17-21-26-25(27-22-18-14-10-6-2,28-23-19-15-11-7-3)29-24-20-16-12-8-4/h5-24H2,1-4H3/q-1. The van der Waals surface area contributed by atoms with Crippen molar-refractivity contribution in [3.63, 3.8) is 0 Å². The van der Waals surface area contributed by atoms with Crippen molar-refractivity contribution in [2.24, 2.45) is 0 Å². The third-order valence-corrected chi connectivity index (χ3v) is 5.28. The Hall–Kier alpha value is -0.0951. The van der Waals surface area contributed by atoms with Crippen LogP contribution in [0.2, 0.25) is 0 Å². The first-order valence-electron chi connectivity index (χ1n) is 12.9. The van der Waals surface area contributed by atoms with Gasteiger partial charge in [0, 0.05) is 26.4 Å². The van der Waals surface area contributed by atoms with Crippen LogP contribution in [0.15, 0.2) is 0 Å². The minimum absolute atomic E-state index is 0.652. The zero-order chi connectivity index (χ0) is 21.5. The summed E-state index contributed by atoms with van der Waals surface area (Å²) in [5.74, 6) is 0. The lowest BCUT2D eigenvalue weighted by Crippen LogP contribution is -2.50. The fraction of sp³-hybridized carbons (Fsp3) is 1.00. The molecule has 0 aromatic rings. The maximum absolute atomic E-state index is 6.19. The van der Waals surface area contributed by atoms with E-state index in [4.69, 9.17) is 18.6 Å². The minimum Gasteiger partial charge on any atom is -0.518 e. The van der Waals surface area contributed by atoms with Gasteiger partial charge in [-0.3, -0.25) is 0 Å². The Bertz CT molecular complexity index is 254. The van der Waals surface area contributed by atoms with Gasteiger partial charge in [-0.05, 0) is 25.7 Å². The Morgan fingerprint density at radius 1 is 0.345 bits per heavy atom. The Kier molecular flexibility index (Phi) is 22.5. The van der Waals surface area contributed by atoms with Gasteiger partial charge in [0.1, 0.15) is 0 Å². The molecule has 29 heavy (non-hydrogen) atoms. The first kappa shape index (κ1) is 28.9. The Labute approximate surface area is 182 Å². The van der Waals surface area contributed by atoms with Gasteiger partial charge < -0.3 is 18.6 Å². The molecule has 176 valence electrons. The molecule has 0 rings (SSSR count). The van der Waals surface area contributed by atoms with Crippen LogP contribution < -0.4 is 0 Å². The predicted octanol–water partition coefficient (Wildman–Crippen LogP) is 7.81. The van der Waals surface area contributed by atoms with Gasteiger partial charge >= 0.3 is 6.96 Å². The van der Waals surface area contributed by atoms with Gasteiger partial charge in [0.15, 0.2) is 0 Å². The van der Waals surface area contributed by atoms with Crippen LogP contribution in [0.4, 0.5) is 0 Å². The molecule has 0 aliphatic carbocycles. The van der Waals surface area contributed by atoms with E-state index in [1.54, 1.807) is 0 Å². The fourth-order valence-electron chi connectivity index (χ4n) is 3.31. The second-order valence-electron chi connectivity index (χ2n) is 8.30. The summed E-state index contributed by atoms with van der Waals surface area (Å²) in [5.41, 5.74) is 0. The number of rotatable bonds is 24. The highest BCUT2D eigenvalue weighted by atomic mass is 16.9. The quantitative estimate of drug-likeness (QED) is 0.119. The molecule has 0 amide bonds. The molecule has 0 fully saturated rings. The molecule has 0 spiro atoms. The summed E-state index contributed by atoms with van der Waals surface area (Å²) in [6.45, 7) is 9.44. The van der Waals surface area contributed by atoms with Crippen LogP contribution in [-0.4, -0.2) is 33.4 Å². The van der Waals surface area contributed by atoms with E-state index in [-0.39, 0.29) is 0 Å². The molecule has 0 aromatic carbocycles. The summed E-state index contributed by atoms with van der Waals surface area (Å²) in [6, 6.07) is 0. The molecule has 0 unspecified atom stereocenters. The van der Waals surface area contributed by atoms with Crippen LogP contribution in [0, 0.1) is 0 Å². The summed E-state index contributed by atoms with van der Waals surface area (Å²) in [4.78, 5) is 0. The van der Waals surface area contributed by atoms with E-state index < -0.39 is 6.96 Å². The third kappa shape index (κ3) is 18.4. The van der Waals surface area contributed by atoms with Crippen LogP contribution in [-0.2, 0) is 18.6 Å². The van der Waals surface area contributed by atoms with E-state index >= 15 is 0 Å². The molecule has 4 nitrogen and oxygen atoms in total. The van der Waals surface area contributed by atoms with Gasteiger partial charge in [-0.2, -0.15) is 0 Å². The summed E-state index contributed by atoms with van der Waals surface area (Å²) in [7, 11) is 0. The Morgan fingerprint density at radius 2 is 0.586 bits per heavy atom. The molecule has 0 heterocycles. The molecule has 0 bridgehead atoms. The highest BCUT2D eigenvalue weighted by molar-refractivity contribution is 6.53. The molecule has 0 radical (unpaired) electrons. The van der Waals surface area contributed by atoms with Crippen molar-refractivity contribution in [2.45, 2.75) is 130 Å². The molecule has 5 heteroatoms. The number of hydrogen-bond donors (Lipinski definition) is 0.